The van der Waals surface area contributed by atoms with Crippen LogP contribution in [0.25, 0.3) is 22.3 Å². The quantitative estimate of drug-likeness (QED) is 0.0993. The van der Waals surface area contributed by atoms with Crippen molar-refractivity contribution in [3.05, 3.63) is 25.3 Å². The first-order chi connectivity index (χ1) is 23.9. The maximum atomic E-state index is 14.0. The monoisotopic (exact) mass is 822 g/mol. The van der Waals surface area contributed by atoms with Gasteiger partial charge in [0.2, 0.25) is 0 Å². The minimum Gasteiger partial charge on any atom is -0.406 e. The number of nitrogens with zero attached hydrogens (tertiary/aromatic N) is 8. The first-order valence-corrected chi connectivity index (χ1v) is 24.5. The second-order valence-electron chi connectivity index (χ2n) is 13.8. The number of ether oxygens (including phenoxy) is 3. The zero-order valence-corrected chi connectivity index (χ0v) is 33.2. The summed E-state index contributed by atoms with van der Waals surface area (Å²) in [5, 5.41) is -1.27. The van der Waals surface area contributed by atoms with Crippen molar-refractivity contribution >= 4 is 91.2 Å². The fraction of sp³-hybridized carbons (Fsp3) is 0.615. The van der Waals surface area contributed by atoms with Gasteiger partial charge in [-0.05, 0) is 29.9 Å². The van der Waals surface area contributed by atoms with Crippen LogP contribution in [-0.4, -0.2) is 101 Å². The standard InChI is InChI=1S/C26H37ClN10O9P2S2Si/c1-26(2,3)51(4,5)46-18-17-24(37-10-35-15-20(29)31-8-33-22(15)37)43-25(18)40-11-47(38,49)44-16-12(6-41-48(39,50)45-17)42-23(13(16)27)36-9-34-14-19(28)30-7-32-21(14)36/h7-10,12-13,16-18,23-25H,6,11H2,1-5H3,(H,38,49)(H,39,50)(H2,28,30,32)(H2,29,31,33)/t12-,13-,16-,17-,18+,23-,24-,25+,47?,48?/m1/s1. The van der Waals surface area contributed by atoms with Crippen LogP contribution < -0.4 is 11.5 Å². The Bertz CT molecular complexity index is 2060. The Morgan fingerprint density at radius 3 is 2.16 bits per heavy atom. The molecule has 2 bridgehead atoms. The molecular formula is C26H37ClN10O9P2S2Si. The normalized spacial score (nSPS) is 35.4. The molecule has 0 spiro atoms. The lowest BCUT2D eigenvalue weighted by Crippen LogP contribution is -2.50. The van der Waals surface area contributed by atoms with Crippen molar-refractivity contribution in [1.29, 1.82) is 0 Å². The molecule has 0 aliphatic carbocycles. The number of anilines is 2. The SMILES string of the molecule is CC(C)(C)[Si](C)(C)O[C@@H]1[C@H]2OCP(=O)(S)O[C@H]3[C@@H](Cl)[C@H](n4cnc5c(N)ncnc54)O[C@@H]3COP(O)(=S)O[C@H]1[C@H](n1cnc3c(N)ncnc31)O2. The Morgan fingerprint density at radius 2 is 1.57 bits per heavy atom. The van der Waals surface area contributed by atoms with E-state index in [9.17, 15) is 9.46 Å². The van der Waals surface area contributed by atoms with E-state index in [2.05, 4.69) is 62.9 Å². The molecule has 10 atom stereocenters. The van der Waals surface area contributed by atoms with Crippen molar-refractivity contribution in [2.75, 3.05) is 24.4 Å². The molecule has 0 amide bonds. The lowest BCUT2D eigenvalue weighted by atomic mass is 10.2. The average molecular weight is 823 g/mol. The summed E-state index contributed by atoms with van der Waals surface area (Å²) in [7, 11) is -2.62. The summed E-state index contributed by atoms with van der Waals surface area (Å²) < 4.78 is 61.1. The highest BCUT2D eigenvalue weighted by Crippen LogP contribution is 2.58. The molecule has 5 N–H and O–H groups in total. The van der Waals surface area contributed by atoms with Gasteiger partial charge in [-0.25, -0.2) is 29.9 Å². The van der Waals surface area contributed by atoms with Crippen LogP contribution in [0.15, 0.2) is 25.3 Å². The third kappa shape index (κ3) is 7.09. The first kappa shape index (κ1) is 37.4. The molecule has 278 valence electrons. The van der Waals surface area contributed by atoms with Crippen LogP contribution in [0.4, 0.5) is 11.6 Å². The maximum Gasteiger partial charge on any atom is 0.325 e. The van der Waals surface area contributed by atoms with E-state index in [-0.39, 0.29) is 23.3 Å². The lowest BCUT2D eigenvalue weighted by molar-refractivity contribution is -0.164. The summed E-state index contributed by atoms with van der Waals surface area (Å²) in [5.74, 6) is 0.300. The highest BCUT2D eigenvalue weighted by Gasteiger charge is 2.56. The highest BCUT2D eigenvalue weighted by atomic mass is 35.5. The van der Waals surface area contributed by atoms with E-state index in [0.29, 0.717) is 22.3 Å². The van der Waals surface area contributed by atoms with E-state index in [1.54, 1.807) is 9.13 Å². The largest absolute Gasteiger partial charge is 0.406 e. The van der Waals surface area contributed by atoms with Gasteiger partial charge in [-0.1, -0.05) is 33.0 Å². The number of halogens is 1. The number of nitrogen functional groups attached to an aromatic ring is 2. The van der Waals surface area contributed by atoms with Gasteiger partial charge >= 0.3 is 6.72 Å². The summed E-state index contributed by atoms with van der Waals surface area (Å²) in [6.07, 6.45) is -2.72. The van der Waals surface area contributed by atoms with Gasteiger partial charge in [0, 0.05) is 0 Å². The van der Waals surface area contributed by atoms with Gasteiger partial charge < -0.3 is 44.0 Å². The number of rotatable bonds is 4. The minimum atomic E-state index is -4.16. The summed E-state index contributed by atoms with van der Waals surface area (Å²) >= 11 is 16.9. The van der Waals surface area contributed by atoms with Gasteiger partial charge in [-0.2, -0.15) is 0 Å². The second kappa shape index (κ2) is 13.5. The minimum absolute atomic E-state index is 0.142. The molecule has 2 unspecified atom stereocenters. The molecule has 3 aliphatic heterocycles. The van der Waals surface area contributed by atoms with E-state index < -0.39 is 76.5 Å². The molecule has 51 heavy (non-hydrogen) atoms. The molecule has 0 aromatic carbocycles. The third-order valence-electron chi connectivity index (χ3n) is 9.32. The molecule has 7 heterocycles. The Hall–Kier alpha value is -1.88. The van der Waals surface area contributed by atoms with Crippen LogP contribution in [0, 0.1) is 0 Å². The van der Waals surface area contributed by atoms with Gasteiger partial charge in [0.25, 0.3) is 6.57 Å². The maximum absolute atomic E-state index is 14.0. The third-order valence-corrected chi connectivity index (χ3v) is 17.5. The van der Waals surface area contributed by atoms with Crippen molar-refractivity contribution in [2.45, 2.75) is 87.4 Å². The Balaban J connectivity index is 1.25. The lowest BCUT2D eigenvalue weighted by Gasteiger charge is -2.40. The van der Waals surface area contributed by atoms with E-state index in [1.165, 1.54) is 25.3 Å². The summed E-state index contributed by atoms with van der Waals surface area (Å²) in [4.78, 5) is 36.9. The molecule has 0 radical (unpaired) electrons. The number of aromatic nitrogens is 8. The van der Waals surface area contributed by atoms with Crippen LogP contribution in [0.3, 0.4) is 0 Å². The number of hydrogen-bond acceptors (Lipinski definition) is 17. The number of imidazole rings is 2. The molecule has 25 heteroatoms. The van der Waals surface area contributed by atoms with Gasteiger partial charge in [0.1, 0.15) is 59.8 Å². The molecule has 3 fully saturated rings. The molecule has 7 rings (SSSR count). The summed E-state index contributed by atoms with van der Waals surface area (Å²) in [6, 6.07) is 0. The van der Waals surface area contributed by atoms with Crippen molar-refractivity contribution in [3.63, 3.8) is 0 Å². The number of thiol groups is 1. The molecule has 19 nitrogen and oxygen atoms in total. The zero-order chi connectivity index (χ0) is 36.7. The Kier molecular flexibility index (Phi) is 9.87. The Morgan fingerprint density at radius 1 is 0.980 bits per heavy atom. The van der Waals surface area contributed by atoms with Crippen molar-refractivity contribution in [2.24, 2.45) is 0 Å². The van der Waals surface area contributed by atoms with E-state index in [0.717, 1.165) is 0 Å². The van der Waals surface area contributed by atoms with Crippen LogP contribution in [-0.2, 0) is 48.6 Å². The second-order valence-corrected chi connectivity index (χ2v) is 25.4. The summed E-state index contributed by atoms with van der Waals surface area (Å²) in [5.41, 5.74) is 13.3. The van der Waals surface area contributed by atoms with Gasteiger partial charge in [-0.15, -0.1) is 11.6 Å². The number of alkyl halides is 1. The zero-order valence-electron chi connectivity index (χ0n) is 27.9. The molecule has 0 saturated carbocycles. The van der Waals surface area contributed by atoms with Crippen molar-refractivity contribution in [3.8, 4) is 0 Å². The number of hydrogen-bond donors (Lipinski definition) is 4. The highest BCUT2D eigenvalue weighted by molar-refractivity contribution is 8.46. The predicted molar refractivity (Wildman–Crippen MR) is 194 cm³/mol. The van der Waals surface area contributed by atoms with Crippen molar-refractivity contribution < 1.29 is 41.7 Å². The van der Waals surface area contributed by atoms with E-state index >= 15 is 0 Å². The molecule has 4 aromatic rings. The molecule has 3 aliphatic rings. The first-order valence-electron chi connectivity index (χ1n) is 15.6. The number of fused-ring (bicyclic) bond motifs is 5. The fourth-order valence-corrected chi connectivity index (χ4v) is 10.5. The van der Waals surface area contributed by atoms with E-state index in [4.69, 9.17) is 67.1 Å². The topological polar surface area (TPSA) is 241 Å². The average Bonchev–Trinajstić information content (AvgIpc) is 3.80. The van der Waals surface area contributed by atoms with Crippen LogP contribution in [0.5, 0.6) is 0 Å². The van der Waals surface area contributed by atoms with Crippen LogP contribution >= 0.6 is 37.1 Å². The van der Waals surface area contributed by atoms with Gasteiger partial charge in [0.05, 0.1) is 19.3 Å². The predicted octanol–water partition coefficient (Wildman–Crippen LogP) is 3.70. The van der Waals surface area contributed by atoms with Gasteiger partial charge in [0.15, 0.2) is 50.0 Å². The van der Waals surface area contributed by atoms with Crippen LogP contribution in [0.1, 0.15) is 33.2 Å². The smallest absolute Gasteiger partial charge is 0.325 e. The van der Waals surface area contributed by atoms with E-state index in [1.807, 2.05) is 13.1 Å². The number of nitrogens with two attached hydrogens (primary N) is 2. The molecule has 3 saturated heterocycles. The summed E-state index contributed by atoms with van der Waals surface area (Å²) in [6.45, 7) is 1.75. The fourth-order valence-electron chi connectivity index (χ4n) is 5.75. The van der Waals surface area contributed by atoms with Crippen molar-refractivity contribution in [1.82, 2.24) is 39.0 Å². The molecular weight excluding hydrogens is 786 g/mol. The van der Waals surface area contributed by atoms with Crippen LogP contribution in [0.2, 0.25) is 18.1 Å². The Labute approximate surface area is 308 Å². The van der Waals surface area contributed by atoms with Gasteiger partial charge in [-0.3, -0.25) is 18.2 Å². The molecule has 4 aromatic heterocycles.